The Morgan fingerprint density at radius 3 is 2.78 bits per heavy atom. The zero-order valence-corrected chi connectivity index (χ0v) is 11.5. The van der Waals surface area contributed by atoms with Gasteiger partial charge in [0.05, 0.1) is 18.2 Å². The maximum Gasteiger partial charge on any atom is 0.410 e. The molecule has 0 aromatic rings. The molecule has 2 aliphatic rings. The molecule has 0 aromatic carbocycles. The molecular formula is C13H24N2O3. The average Bonchev–Trinajstić information content (AvgIpc) is 2.26. The number of piperazine rings is 1. The van der Waals surface area contributed by atoms with Crippen molar-refractivity contribution in [2.45, 2.75) is 63.8 Å². The van der Waals surface area contributed by atoms with Crippen molar-refractivity contribution in [1.82, 2.24) is 10.2 Å². The minimum atomic E-state index is -0.468. The first kappa shape index (κ1) is 13.6. The van der Waals surface area contributed by atoms with Gasteiger partial charge in [-0.3, -0.25) is 0 Å². The van der Waals surface area contributed by atoms with Crippen molar-refractivity contribution in [3.05, 3.63) is 0 Å². The molecule has 2 rings (SSSR count). The number of aliphatic hydroxyl groups is 1. The molecule has 1 amide bonds. The number of aliphatic hydroxyl groups excluding tert-OH is 1. The van der Waals surface area contributed by atoms with E-state index in [4.69, 9.17) is 4.74 Å². The van der Waals surface area contributed by atoms with Crippen LogP contribution in [0.5, 0.6) is 0 Å². The van der Waals surface area contributed by atoms with Gasteiger partial charge in [-0.1, -0.05) is 0 Å². The van der Waals surface area contributed by atoms with Gasteiger partial charge in [-0.05, 0) is 40.0 Å². The average molecular weight is 256 g/mol. The van der Waals surface area contributed by atoms with Crippen molar-refractivity contribution in [3.8, 4) is 0 Å². The number of nitrogens with zero attached hydrogens (tertiary/aromatic N) is 1. The fourth-order valence-corrected chi connectivity index (χ4v) is 2.84. The highest BCUT2D eigenvalue weighted by molar-refractivity contribution is 5.69. The van der Waals surface area contributed by atoms with Crippen LogP contribution in [0.15, 0.2) is 0 Å². The second-order valence-corrected chi connectivity index (χ2v) is 6.22. The van der Waals surface area contributed by atoms with Gasteiger partial charge in [0.1, 0.15) is 5.60 Å². The Bertz CT molecular complexity index is 314. The Hall–Kier alpha value is -0.810. The van der Waals surface area contributed by atoms with Crippen molar-refractivity contribution >= 4 is 6.09 Å². The predicted octanol–water partition coefficient (Wildman–Crippen LogP) is 1.11. The van der Waals surface area contributed by atoms with E-state index in [9.17, 15) is 9.90 Å². The lowest BCUT2D eigenvalue weighted by atomic mass is 9.85. The molecule has 3 atom stereocenters. The van der Waals surface area contributed by atoms with E-state index >= 15 is 0 Å². The minimum absolute atomic E-state index is 0.0000170. The third kappa shape index (κ3) is 2.95. The number of carbonyl (C=O) groups is 1. The molecule has 1 aliphatic heterocycles. The van der Waals surface area contributed by atoms with Crippen LogP contribution in [-0.2, 0) is 4.74 Å². The summed E-state index contributed by atoms with van der Waals surface area (Å²) < 4.78 is 5.44. The molecule has 5 heteroatoms. The first-order valence-electron chi connectivity index (χ1n) is 6.79. The lowest BCUT2D eigenvalue weighted by Gasteiger charge is -2.46. The van der Waals surface area contributed by atoms with Crippen LogP contribution in [0, 0.1) is 0 Å². The number of rotatable bonds is 0. The molecule has 104 valence electrons. The van der Waals surface area contributed by atoms with Crippen LogP contribution in [0.4, 0.5) is 4.79 Å². The highest BCUT2D eigenvalue weighted by Gasteiger charge is 2.41. The number of nitrogens with one attached hydrogen (secondary N) is 1. The van der Waals surface area contributed by atoms with Gasteiger partial charge in [-0.2, -0.15) is 0 Å². The van der Waals surface area contributed by atoms with Crippen LogP contribution in [0.3, 0.4) is 0 Å². The Kier molecular flexibility index (Phi) is 3.82. The standard InChI is InChI=1S/C13H24N2O3/c1-13(2,3)18-12(17)15-8-7-14-11-9(15)5-4-6-10(11)16/h9-11,14,16H,4-8H2,1-3H3/t9-,10+,11-/m1/s1. The molecule has 2 N–H and O–H groups in total. The molecule has 18 heavy (non-hydrogen) atoms. The predicted molar refractivity (Wildman–Crippen MR) is 68.4 cm³/mol. The molecule has 1 heterocycles. The van der Waals surface area contributed by atoms with E-state index in [0.29, 0.717) is 6.54 Å². The molecule has 1 saturated carbocycles. The van der Waals surface area contributed by atoms with Crippen LogP contribution < -0.4 is 5.32 Å². The van der Waals surface area contributed by atoms with Crippen molar-refractivity contribution in [2.24, 2.45) is 0 Å². The zero-order valence-electron chi connectivity index (χ0n) is 11.5. The zero-order chi connectivity index (χ0) is 13.3. The van der Waals surface area contributed by atoms with E-state index in [1.165, 1.54) is 0 Å². The third-order valence-electron chi connectivity index (χ3n) is 3.59. The smallest absolute Gasteiger partial charge is 0.410 e. The summed E-state index contributed by atoms with van der Waals surface area (Å²) in [4.78, 5) is 14.0. The molecule has 0 unspecified atom stereocenters. The lowest BCUT2D eigenvalue weighted by molar-refractivity contribution is -0.0235. The molecule has 0 radical (unpaired) electrons. The van der Waals surface area contributed by atoms with Gasteiger partial charge in [0.15, 0.2) is 0 Å². The van der Waals surface area contributed by atoms with Gasteiger partial charge >= 0.3 is 6.09 Å². The normalized spacial score (nSPS) is 32.9. The number of amides is 1. The Morgan fingerprint density at radius 1 is 1.39 bits per heavy atom. The lowest BCUT2D eigenvalue weighted by Crippen LogP contribution is -2.65. The van der Waals surface area contributed by atoms with E-state index in [2.05, 4.69) is 5.32 Å². The molecule has 5 nitrogen and oxygen atoms in total. The van der Waals surface area contributed by atoms with E-state index in [1.54, 1.807) is 4.90 Å². The topological polar surface area (TPSA) is 61.8 Å². The molecular weight excluding hydrogens is 232 g/mol. The van der Waals surface area contributed by atoms with Crippen molar-refractivity contribution in [1.29, 1.82) is 0 Å². The fraction of sp³-hybridized carbons (Fsp3) is 0.923. The fourth-order valence-electron chi connectivity index (χ4n) is 2.84. The molecule has 0 aromatic heterocycles. The summed E-state index contributed by atoms with van der Waals surface area (Å²) >= 11 is 0. The molecule has 1 saturated heterocycles. The summed E-state index contributed by atoms with van der Waals surface area (Å²) in [5, 5.41) is 13.3. The van der Waals surface area contributed by atoms with Crippen molar-refractivity contribution in [2.75, 3.05) is 13.1 Å². The number of fused-ring (bicyclic) bond motifs is 1. The van der Waals surface area contributed by atoms with E-state index in [0.717, 1.165) is 25.8 Å². The maximum absolute atomic E-state index is 12.2. The first-order chi connectivity index (χ1) is 8.38. The van der Waals surface area contributed by atoms with Crippen LogP contribution in [0.1, 0.15) is 40.0 Å². The van der Waals surface area contributed by atoms with E-state index in [1.807, 2.05) is 20.8 Å². The number of ether oxygens (including phenoxy) is 1. The summed E-state index contributed by atoms with van der Waals surface area (Å²) in [7, 11) is 0. The van der Waals surface area contributed by atoms with Crippen LogP contribution >= 0.6 is 0 Å². The highest BCUT2D eigenvalue weighted by Crippen LogP contribution is 2.27. The van der Waals surface area contributed by atoms with Gasteiger partial charge in [0.2, 0.25) is 0 Å². The summed E-state index contributed by atoms with van der Waals surface area (Å²) in [6.45, 7) is 7.00. The van der Waals surface area contributed by atoms with Crippen LogP contribution in [0.2, 0.25) is 0 Å². The Labute approximate surface area is 108 Å². The van der Waals surface area contributed by atoms with Gasteiger partial charge in [-0.15, -0.1) is 0 Å². The third-order valence-corrected chi connectivity index (χ3v) is 3.59. The Balaban J connectivity index is 2.05. The summed E-state index contributed by atoms with van der Waals surface area (Å²) in [5.41, 5.74) is -0.468. The van der Waals surface area contributed by atoms with E-state index in [-0.39, 0.29) is 24.3 Å². The van der Waals surface area contributed by atoms with Gasteiger partial charge in [0, 0.05) is 13.1 Å². The number of hydrogen-bond donors (Lipinski definition) is 2. The molecule has 2 fully saturated rings. The summed E-state index contributed by atoms with van der Waals surface area (Å²) in [6, 6.07) is 0.0670. The number of hydrogen-bond acceptors (Lipinski definition) is 4. The van der Waals surface area contributed by atoms with Gasteiger partial charge < -0.3 is 20.1 Å². The molecule has 1 aliphatic carbocycles. The summed E-state index contributed by atoms with van der Waals surface area (Å²) in [6.07, 6.45) is 2.11. The largest absolute Gasteiger partial charge is 0.444 e. The minimum Gasteiger partial charge on any atom is -0.444 e. The monoisotopic (exact) mass is 256 g/mol. The first-order valence-corrected chi connectivity index (χ1v) is 6.79. The number of carbonyl (C=O) groups excluding carboxylic acids is 1. The SMILES string of the molecule is CC(C)(C)OC(=O)N1CCN[C@@H]2[C@H]1CCC[C@@H]2O. The quantitative estimate of drug-likeness (QED) is 0.681. The maximum atomic E-state index is 12.2. The molecule has 0 bridgehead atoms. The molecule has 0 spiro atoms. The van der Waals surface area contributed by atoms with Gasteiger partial charge in [-0.25, -0.2) is 4.79 Å². The Morgan fingerprint density at radius 2 is 2.11 bits per heavy atom. The summed E-state index contributed by atoms with van der Waals surface area (Å²) in [5.74, 6) is 0. The van der Waals surface area contributed by atoms with Crippen LogP contribution in [0.25, 0.3) is 0 Å². The van der Waals surface area contributed by atoms with Gasteiger partial charge in [0.25, 0.3) is 0 Å². The second kappa shape index (κ2) is 5.05. The van der Waals surface area contributed by atoms with E-state index < -0.39 is 5.60 Å². The second-order valence-electron chi connectivity index (χ2n) is 6.22. The van der Waals surface area contributed by atoms with Crippen molar-refractivity contribution < 1.29 is 14.6 Å². The van der Waals surface area contributed by atoms with Crippen molar-refractivity contribution in [3.63, 3.8) is 0 Å². The highest BCUT2D eigenvalue weighted by atomic mass is 16.6. The van der Waals surface area contributed by atoms with Crippen LogP contribution in [-0.4, -0.2) is 53.0 Å².